The van der Waals surface area contributed by atoms with Gasteiger partial charge in [0.2, 0.25) is 0 Å². The lowest BCUT2D eigenvalue weighted by atomic mass is 9.44. The molecule has 0 heterocycles. The lowest BCUT2D eigenvalue weighted by molar-refractivity contribution is -0.228. The quantitative estimate of drug-likeness (QED) is 0.610. The minimum absolute atomic E-state index is 0.151. The van der Waals surface area contributed by atoms with E-state index in [-0.39, 0.29) is 18.6 Å². The van der Waals surface area contributed by atoms with Crippen LogP contribution in [0.15, 0.2) is 23.8 Å². The van der Waals surface area contributed by atoms with Gasteiger partial charge in [-0.1, -0.05) is 18.6 Å². The molecule has 0 saturated heterocycles. The number of carbonyl (C=O) groups excluding carboxylic acids is 2. The van der Waals surface area contributed by atoms with E-state index in [0.29, 0.717) is 18.4 Å². The third kappa shape index (κ3) is 2.84. The summed E-state index contributed by atoms with van der Waals surface area (Å²) >= 11 is 0. The predicted molar refractivity (Wildman–Crippen MR) is 115 cm³/mol. The van der Waals surface area contributed by atoms with Gasteiger partial charge in [0.15, 0.2) is 22.8 Å². The zero-order chi connectivity index (χ0) is 23.9. The number of allylic oxidation sites excluding steroid dienone is 4. The maximum atomic E-state index is 17.2. The van der Waals surface area contributed by atoms with E-state index in [4.69, 9.17) is 4.74 Å². The second kappa shape index (κ2) is 7.05. The van der Waals surface area contributed by atoms with E-state index in [0.717, 1.165) is 0 Å². The van der Waals surface area contributed by atoms with Gasteiger partial charge in [0.05, 0.1) is 17.8 Å². The Morgan fingerprint density at radius 3 is 2.53 bits per heavy atom. The summed E-state index contributed by atoms with van der Waals surface area (Å²) in [4.78, 5) is 24.9. The fourth-order valence-electron chi connectivity index (χ4n) is 7.38. The third-order valence-corrected chi connectivity index (χ3v) is 8.90. The highest BCUT2D eigenvalue weighted by Crippen LogP contribution is 2.70. The topological polar surface area (TPSA) is 104 Å². The van der Waals surface area contributed by atoms with E-state index < -0.39 is 64.1 Å². The minimum Gasteiger partial charge on any atom is -0.390 e. The van der Waals surface area contributed by atoms with Gasteiger partial charge in [-0.2, -0.15) is 0 Å². The summed E-state index contributed by atoms with van der Waals surface area (Å²) in [5.41, 5.74) is -6.42. The predicted octanol–water partition coefficient (Wildman–Crippen LogP) is 2.44. The number of hydrogen-bond donors (Lipinski definition) is 3. The van der Waals surface area contributed by atoms with Crippen LogP contribution < -0.4 is 0 Å². The largest absolute Gasteiger partial charge is 0.390 e. The van der Waals surface area contributed by atoms with Crippen molar-refractivity contribution < 1.29 is 34.0 Å². The first-order chi connectivity index (χ1) is 14.6. The van der Waals surface area contributed by atoms with E-state index >= 15 is 4.39 Å². The van der Waals surface area contributed by atoms with E-state index in [1.54, 1.807) is 19.9 Å². The monoisotopic (exact) mass is 450 g/mol. The van der Waals surface area contributed by atoms with Crippen LogP contribution in [0.4, 0.5) is 4.39 Å². The molecule has 3 unspecified atom stereocenters. The van der Waals surface area contributed by atoms with Crippen molar-refractivity contribution in [2.24, 2.45) is 22.7 Å². The molecule has 0 amide bonds. The second-order valence-electron chi connectivity index (χ2n) is 11.6. The van der Waals surface area contributed by atoms with Crippen molar-refractivity contribution in [1.29, 1.82) is 0 Å². The molecule has 178 valence electrons. The molecule has 0 aliphatic heterocycles. The molecule has 8 atom stereocenters. The van der Waals surface area contributed by atoms with Gasteiger partial charge in [0.1, 0.15) is 6.61 Å². The molecule has 32 heavy (non-hydrogen) atoms. The molecule has 0 radical (unpaired) electrons. The molecule has 0 aromatic rings. The number of rotatable bonds is 3. The summed E-state index contributed by atoms with van der Waals surface area (Å²) in [5.74, 6) is -2.05. The summed E-state index contributed by atoms with van der Waals surface area (Å²) in [6.07, 6.45) is 3.00. The Morgan fingerprint density at radius 1 is 1.28 bits per heavy atom. The van der Waals surface area contributed by atoms with Crippen LogP contribution in [0, 0.1) is 22.7 Å². The van der Waals surface area contributed by atoms with Crippen molar-refractivity contribution in [3.63, 3.8) is 0 Å². The summed E-state index contributed by atoms with van der Waals surface area (Å²) in [7, 11) is 0. The highest BCUT2D eigenvalue weighted by atomic mass is 19.1. The summed E-state index contributed by atoms with van der Waals surface area (Å²) in [6, 6.07) is 0. The number of aliphatic hydroxyl groups is 3. The number of fused-ring (bicyclic) bond motifs is 5. The highest BCUT2D eigenvalue weighted by molar-refractivity contribution is 6.01. The van der Waals surface area contributed by atoms with Gasteiger partial charge in [-0.3, -0.25) is 9.59 Å². The number of halogens is 1. The van der Waals surface area contributed by atoms with Crippen LogP contribution in [0.25, 0.3) is 0 Å². The molecule has 3 fully saturated rings. The fraction of sp³-hybridized carbons (Fsp3) is 0.760. The first kappa shape index (κ1) is 23.7. The van der Waals surface area contributed by atoms with Crippen molar-refractivity contribution in [2.75, 3.05) is 6.61 Å². The average molecular weight is 451 g/mol. The smallest absolute Gasteiger partial charge is 0.192 e. The SMILES string of the molecule is CC(C)(C)OC1C[C@H]2[C@@H]3CCC4=CC(=O)C=C[C@]4(C)C3(F)[C@@H](O)C[C@]2(C)C1(O)C(=O)CO. The molecule has 7 heteroatoms. The maximum absolute atomic E-state index is 17.2. The molecule has 0 aromatic carbocycles. The molecule has 3 saturated carbocycles. The van der Waals surface area contributed by atoms with Gasteiger partial charge in [0, 0.05) is 16.7 Å². The van der Waals surface area contributed by atoms with Gasteiger partial charge in [-0.05, 0) is 71.4 Å². The number of carbonyl (C=O) groups is 2. The molecule has 4 rings (SSSR count). The zero-order valence-electron chi connectivity index (χ0n) is 19.5. The molecule has 0 aromatic heterocycles. The van der Waals surface area contributed by atoms with Gasteiger partial charge in [-0.25, -0.2) is 4.39 Å². The van der Waals surface area contributed by atoms with E-state index in [1.165, 1.54) is 12.2 Å². The molecule has 6 nitrogen and oxygen atoms in total. The number of Topliss-reactive ketones (excluding diaryl/α,β-unsaturated/α-hetero) is 1. The van der Waals surface area contributed by atoms with Crippen LogP contribution in [-0.4, -0.2) is 62.6 Å². The third-order valence-electron chi connectivity index (χ3n) is 8.90. The molecular formula is C25H35FO6. The Morgan fingerprint density at radius 2 is 1.94 bits per heavy atom. The van der Waals surface area contributed by atoms with Crippen molar-refractivity contribution in [2.45, 2.75) is 89.4 Å². The number of alkyl halides is 1. The van der Waals surface area contributed by atoms with E-state index in [9.17, 15) is 24.9 Å². The van der Waals surface area contributed by atoms with Crippen molar-refractivity contribution in [1.82, 2.24) is 0 Å². The lowest BCUT2D eigenvalue weighted by Gasteiger charge is -2.62. The van der Waals surface area contributed by atoms with E-state index in [2.05, 4.69) is 0 Å². The summed E-state index contributed by atoms with van der Waals surface area (Å²) in [6.45, 7) is 8.03. The molecule has 3 N–H and O–H groups in total. The Kier molecular flexibility index (Phi) is 5.23. The van der Waals surface area contributed by atoms with Gasteiger partial charge >= 0.3 is 0 Å². The first-order valence-corrected chi connectivity index (χ1v) is 11.5. The Hall–Kier alpha value is -1.41. The Labute approximate surface area is 188 Å². The van der Waals surface area contributed by atoms with Crippen LogP contribution in [-0.2, 0) is 14.3 Å². The average Bonchev–Trinajstić information content (AvgIpc) is 2.90. The van der Waals surface area contributed by atoms with Crippen molar-refractivity contribution in [3.8, 4) is 0 Å². The van der Waals surface area contributed by atoms with E-state index in [1.807, 2.05) is 20.8 Å². The number of ether oxygens (including phenoxy) is 1. The summed E-state index contributed by atoms with van der Waals surface area (Å²) < 4.78 is 23.3. The Bertz CT molecular complexity index is 905. The van der Waals surface area contributed by atoms with Crippen LogP contribution in [0.3, 0.4) is 0 Å². The highest BCUT2D eigenvalue weighted by Gasteiger charge is 2.76. The first-order valence-electron chi connectivity index (χ1n) is 11.5. The molecule has 4 aliphatic carbocycles. The summed E-state index contributed by atoms with van der Waals surface area (Å²) in [5, 5.41) is 32.8. The number of ketones is 2. The molecular weight excluding hydrogens is 415 g/mol. The van der Waals surface area contributed by atoms with Crippen LogP contribution in [0.1, 0.15) is 60.3 Å². The Balaban J connectivity index is 1.84. The lowest BCUT2D eigenvalue weighted by Crippen LogP contribution is -2.70. The van der Waals surface area contributed by atoms with Gasteiger partial charge in [0.25, 0.3) is 0 Å². The molecule has 4 aliphatic rings. The van der Waals surface area contributed by atoms with Crippen molar-refractivity contribution in [3.05, 3.63) is 23.8 Å². The normalized spacial score (nSPS) is 48.0. The minimum atomic E-state index is -2.06. The standard InChI is InChI=1S/C25H35FO6/c1-21(2,3)32-20-11-17-16-7-6-14-10-15(28)8-9-22(14,4)24(16,26)18(29)12-23(17,5)25(20,31)19(30)13-27/h8-10,16-18,20,27,29,31H,6-7,11-13H2,1-5H3/t16-,17-,18-,20?,22-,23-,24?,25?/m0/s1. The fourth-order valence-corrected chi connectivity index (χ4v) is 7.38. The maximum Gasteiger partial charge on any atom is 0.192 e. The van der Waals surface area contributed by atoms with Crippen LogP contribution >= 0.6 is 0 Å². The second-order valence-corrected chi connectivity index (χ2v) is 11.6. The van der Waals surface area contributed by atoms with Gasteiger partial charge < -0.3 is 20.1 Å². The molecule has 0 spiro atoms. The molecule has 0 bridgehead atoms. The van der Waals surface area contributed by atoms with Crippen LogP contribution in [0.5, 0.6) is 0 Å². The number of hydrogen-bond acceptors (Lipinski definition) is 6. The number of aliphatic hydroxyl groups excluding tert-OH is 2. The van der Waals surface area contributed by atoms with Crippen molar-refractivity contribution >= 4 is 11.6 Å². The zero-order valence-corrected chi connectivity index (χ0v) is 19.5. The van der Waals surface area contributed by atoms with Gasteiger partial charge in [-0.15, -0.1) is 0 Å². The van der Waals surface area contributed by atoms with Crippen LogP contribution in [0.2, 0.25) is 0 Å².